The van der Waals surface area contributed by atoms with Gasteiger partial charge in [-0.1, -0.05) is 39.3 Å². The smallest absolute Gasteiger partial charge is 0.135 e. The Hall–Kier alpha value is -0.830. The summed E-state index contributed by atoms with van der Waals surface area (Å²) in [6.07, 6.45) is 0. The van der Waals surface area contributed by atoms with Crippen LogP contribution in [0.2, 0.25) is 5.15 Å². The summed E-state index contributed by atoms with van der Waals surface area (Å²) in [4.78, 5) is 10.9. The van der Waals surface area contributed by atoms with E-state index >= 15 is 0 Å². The molecule has 1 rings (SSSR count). The molecule has 0 saturated heterocycles. The molecule has 0 atom stereocenters. The van der Waals surface area contributed by atoms with Crippen molar-refractivity contribution in [1.29, 1.82) is 0 Å². The predicted octanol–water partition coefficient (Wildman–Crippen LogP) is 3.35. The molecule has 0 saturated carbocycles. The van der Waals surface area contributed by atoms with Gasteiger partial charge in [0, 0.05) is 25.6 Å². The molecule has 0 fully saturated rings. The van der Waals surface area contributed by atoms with E-state index in [4.69, 9.17) is 11.6 Å². The molecule has 0 bridgehead atoms. The minimum absolute atomic E-state index is 0.296. The second-order valence-corrected chi connectivity index (χ2v) is 5.22. The molecular weight excluding hydrogens is 222 g/mol. The van der Waals surface area contributed by atoms with Crippen LogP contribution in [0.15, 0.2) is 6.07 Å². The van der Waals surface area contributed by atoms with Crippen molar-refractivity contribution in [3.63, 3.8) is 0 Å². The zero-order valence-corrected chi connectivity index (χ0v) is 11.4. The summed E-state index contributed by atoms with van der Waals surface area (Å²) in [5.74, 6) is 2.60. The van der Waals surface area contributed by atoms with Gasteiger partial charge in [-0.15, -0.1) is 0 Å². The Morgan fingerprint density at radius 1 is 1.25 bits per heavy atom. The van der Waals surface area contributed by atoms with Gasteiger partial charge >= 0.3 is 0 Å². The van der Waals surface area contributed by atoms with Gasteiger partial charge in [-0.2, -0.15) is 0 Å². The van der Waals surface area contributed by atoms with E-state index in [0.29, 0.717) is 17.0 Å². The van der Waals surface area contributed by atoms with Crippen molar-refractivity contribution in [3.05, 3.63) is 17.0 Å². The summed E-state index contributed by atoms with van der Waals surface area (Å²) in [6.45, 7) is 9.46. The lowest BCUT2D eigenvalue weighted by atomic mass is 10.2. The Morgan fingerprint density at radius 2 is 1.88 bits per heavy atom. The van der Waals surface area contributed by atoms with E-state index in [-0.39, 0.29) is 0 Å². The van der Waals surface area contributed by atoms with Crippen LogP contribution in [0, 0.1) is 5.92 Å². The number of rotatable bonds is 4. The molecule has 1 heterocycles. The van der Waals surface area contributed by atoms with Crippen molar-refractivity contribution in [1.82, 2.24) is 9.97 Å². The zero-order chi connectivity index (χ0) is 12.3. The van der Waals surface area contributed by atoms with Gasteiger partial charge in [0.1, 0.15) is 16.8 Å². The molecule has 3 nitrogen and oxygen atoms in total. The van der Waals surface area contributed by atoms with E-state index in [1.807, 2.05) is 13.1 Å². The average molecular weight is 242 g/mol. The van der Waals surface area contributed by atoms with Crippen LogP contribution in [-0.4, -0.2) is 23.6 Å². The SMILES string of the molecule is CC(C)CN(C)c1cc(Cl)nc(C(C)C)n1. The molecule has 0 aliphatic rings. The van der Waals surface area contributed by atoms with Gasteiger partial charge in [-0.3, -0.25) is 0 Å². The molecule has 0 aliphatic carbocycles. The van der Waals surface area contributed by atoms with Crippen LogP contribution in [0.4, 0.5) is 5.82 Å². The normalized spacial score (nSPS) is 11.2. The number of anilines is 1. The highest BCUT2D eigenvalue weighted by atomic mass is 35.5. The summed E-state index contributed by atoms with van der Waals surface area (Å²) < 4.78 is 0. The maximum Gasteiger partial charge on any atom is 0.135 e. The van der Waals surface area contributed by atoms with Crippen LogP contribution < -0.4 is 4.90 Å². The molecule has 0 spiro atoms. The van der Waals surface area contributed by atoms with Crippen molar-refractivity contribution in [2.24, 2.45) is 5.92 Å². The van der Waals surface area contributed by atoms with Crippen molar-refractivity contribution in [3.8, 4) is 0 Å². The van der Waals surface area contributed by atoms with Crippen LogP contribution in [-0.2, 0) is 0 Å². The fourth-order valence-corrected chi connectivity index (χ4v) is 1.70. The molecule has 90 valence electrons. The van der Waals surface area contributed by atoms with Gasteiger partial charge < -0.3 is 4.90 Å². The zero-order valence-electron chi connectivity index (χ0n) is 10.7. The van der Waals surface area contributed by atoms with E-state index in [9.17, 15) is 0 Å². The first kappa shape index (κ1) is 13.2. The fourth-order valence-electron chi connectivity index (χ4n) is 1.52. The van der Waals surface area contributed by atoms with Crippen LogP contribution in [0.1, 0.15) is 39.4 Å². The highest BCUT2D eigenvalue weighted by molar-refractivity contribution is 6.29. The largest absolute Gasteiger partial charge is 0.359 e. The summed E-state index contributed by atoms with van der Waals surface area (Å²) in [7, 11) is 2.03. The number of aromatic nitrogens is 2. The molecule has 0 aliphatic heterocycles. The van der Waals surface area contributed by atoms with Crippen molar-refractivity contribution in [2.75, 3.05) is 18.5 Å². The van der Waals surface area contributed by atoms with Crippen molar-refractivity contribution in [2.45, 2.75) is 33.6 Å². The molecule has 16 heavy (non-hydrogen) atoms. The van der Waals surface area contributed by atoms with E-state index in [0.717, 1.165) is 18.2 Å². The van der Waals surface area contributed by atoms with Crippen molar-refractivity contribution < 1.29 is 0 Å². The second-order valence-electron chi connectivity index (χ2n) is 4.84. The highest BCUT2D eigenvalue weighted by Gasteiger charge is 2.10. The highest BCUT2D eigenvalue weighted by Crippen LogP contribution is 2.19. The van der Waals surface area contributed by atoms with E-state index < -0.39 is 0 Å². The molecule has 1 aromatic heterocycles. The Morgan fingerprint density at radius 3 is 2.38 bits per heavy atom. The molecule has 4 heteroatoms. The Balaban J connectivity index is 2.95. The average Bonchev–Trinajstić information content (AvgIpc) is 2.15. The lowest BCUT2D eigenvalue weighted by Gasteiger charge is -2.21. The van der Waals surface area contributed by atoms with Crippen molar-refractivity contribution >= 4 is 17.4 Å². The number of nitrogens with zero attached hydrogens (tertiary/aromatic N) is 3. The number of halogens is 1. The first-order valence-corrected chi connectivity index (χ1v) is 6.03. The first-order chi connectivity index (χ1) is 7.40. The fraction of sp³-hybridized carbons (Fsp3) is 0.667. The molecule has 0 radical (unpaired) electrons. The predicted molar refractivity (Wildman–Crippen MR) is 69.2 cm³/mol. The summed E-state index contributed by atoms with van der Waals surface area (Å²) in [5, 5.41) is 0.518. The Kier molecular flexibility index (Phi) is 4.54. The van der Waals surface area contributed by atoms with Crippen LogP contribution in [0.5, 0.6) is 0 Å². The van der Waals surface area contributed by atoms with Crippen LogP contribution in [0.25, 0.3) is 0 Å². The molecular formula is C12H20ClN3. The molecule has 0 amide bonds. The van der Waals surface area contributed by atoms with Gasteiger partial charge in [0.2, 0.25) is 0 Å². The van der Waals surface area contributed by atoms with Crippen LogP contribution >= 0.6 is 11.6 Å². The van der Waals surface area contributed by atoms with Gasteiger partial charge in [0.25, 0.3) is 0 Å². The van der Waals surface area contributed by atoms with Crippen LogP contribution in [0.3, 0.4) is 0 Å². The third-order valence-corrected chi connectivity index (χ3v) is 2.44. The number of hydrogen-bond acceptors (Lipinski definition) is 3. The summed E-state index contributed by atoms with van der Waals surface area (Å²) in [5.41, 5.74) is 0. The maximum atomic E-state index is 6.00. The lowest BCUT2D eigenvalue weighted by molar-refractivity contribution is 0.631. The number of hydrogen-bond donors (Lipinski definition) is 0. The van der Waals surface area contributed by atoms with Gasteiger partial charge in [-0.25, -0.2) is 9.97 Å². The van der Waals surface area contributed by atoms with Gasteiger partial charge in [0.15, 0.2) is 0 Å². The van der Waals surface area contributed by atoms with E-state index in [1.165, 1.54) is 0 Å². The minimum atomic E-state index is 0.296. The van der Waals surface area contributed by atoms with E-state index in [2.05, 4.69) is 42.6 Å². The lowest BCUT2D eigenvalue weighted by Crippen LogP contribution is -2.24. The first-order valence-electron chi connectivity index (χ1n) is 5.65. The Labute approximate surface area is 103 Å². The van der Waals surface area contributed by atoms with Gasteiger partial charge in [0.05, 0.1) is 0 Å². The third kappa shape index (κ3) is 3.63. The summed E-state index contributed by atoms with van der Waals surface area (Å²) in [6, 6.07) is 1.82. The second kappa shape index (κ2) is 5.48. The topological polar surface area (TPSA) is 29.0 Å². The molecule has 0 N–H and O–H groups in total. The quantitative estimate of drug-likeness (QED) is 0.757. The maximum absolute atomic E-state index is 6.00. The van der Waals surface area contributed by atoms with E-state index in [1.54, 1.807) is 0 Å². The molecule has 0 unspecified atom stereocenters. The molecule has 1 aromatic rings. The standard InChI is InChI=1S/C12H20ClN3/c1-8(2)7-16(5)11-6-10(13)14-12(15-11)9(3)4/h6,8-9H,7H2,1-5H3. The molecule has 0 aromatic carbocycles. The van der Waals surface area contributed by atoms with Gasteiger partial charge in [-0.05, 0) is 5.92 Å². The summed E-state index contributed by atoms with van der Waals surface area (Å²) >= 11 is 6.00. The minimum Gasteiger partial charge on any atom is -0.359 e. The Bertz CT molecular complexity index is 350. The monoisotopic (exact) mass is 241 g/mol. The third-order valence-electron chi connectivity index (χ3n) is 2.25.